The first kappa shape index (κ1) is 16.5. The summed E-state index contributed by atoms with van der Waals surface area (Å²) in [6, 6.07) is 16.1. The summed E-state index contributed by atoms with van der Waals surface area (Å²) in [7, 11) is 0. The lowest BCUT2D eigenvalue weighted by Gasteiger charge is -2.12. The van der Waals surface area contributed by atoms with Gasteiger partial charge in [0, 0.05) is 24.2 Å². The second kappa shape index (κ2) is 7.09. The smallest absolute Gasteiger partial charge is 0.202 e. The zero-order chi connectivity index (χ0) is 17.9. The van der Waals surface area contributed by atoms with Gasteiger partial charge in [0.05, 0.1) is 5.69 Å². The Morgan fingerprint density at radius 1 is 0.846 bits per heavy atom. The lowest BCUT2D eigenvalue weighted by molar-refractivity contribution is 0.881. The van der Waals surface area contributed by atoms with Crippen LogP contribution in [0.25, 0.3) is 17.1 Å². The molecular weight excluding hydrogens is 342 g/mol. The van der Waals surface area contributed by atoms with Crippen LogP contribution in [0.4, 0.5) is 0 Å². The second-order valence-electron chi connectivity index (χ2n) is 5.92. The van der Waals surface area contributed by atoms with Crippen molar-refractivity contribution in [3.8, 4) is 17.1 Å². The highest BCUT2D eigenvalue weighted by molar-refractivity contribution is 7.99. The van der Waals surface area contributed by atoms with Crippen LogP contribution >= 0.6 is 11.8 Å². The molecule has 3 aromatic heterocycles. The third-order valence-corrected chi connectivity index (χ3v) is 5.05. The summed E-state index contributed by atoms with van der Waals surface area (Å²) in [5.74, 6) is 0.786. The molecule has 4 aromatic rings. The van der Waals surface area contributed by atoms with Crippen molar-refractivity contribution < 1.29 is 0 Å². The minimum absolute atomic E-state index is 0.777. The molecule has 0 unspecified atom stereocenters. The summed E-state index contributed by atoms with van der Waals surface area (Å²) < 4.78 is 2.07. The molecule has 0 amide bonds. The molecule has 0 aliphatic carbocycles. The fourth-order valence-corrected chi connectivity index (χ4v) is 3.43. The molecule has 0 fully saturated rings. The van der Waals surface area contributed by atoms with E-state index in [1.165, 1.54) is 22.9 Å². The molecule has 0 saturated carbocycles. The topological polar surface area (TPSA) is 56.5 Å². The van der Waals surface area contributed by atoms with Crippen LogP contribution in [-0.4, -0.2) is 24.7 Å². The fraction of sp³-hybridized carbons (Fsp3) is 0.100. The van der Waals surface area contributed by atoms with Gasteiger partial charge in [-0.15, -0.1) is 10.2 Å². The molecule has 0 radical (unpaired) electrons. The number of pyridine rings is 2. The Hall–Kier alpha value is -2.99. The molecule has 0 saturated heterocycles. The largest absolute Gasteiger partial charge is 0.270 e. The molecule has 5 nitrogen and oxygen atoms in total. The van der Waals surface area contributed by atoms with E-state index in [1.54, 1.807) is 18.6 Å². The number of aryl methyl sites for hydroxylation is 2. The van der Waals surface area contributed by atoms with Crippen LogP contribution in [0.1, 0.15) is 11.1 Å². The monoisotopic (exact) mass is 359 g/mol. The molecule has 0 spiro atoms. The van der Waals surface area contributed by atoms with Crippen LogP contribution in [0.15, 0.2) is 77.3 Å². The lowest BCUT2D eigenvalue weighted by Crippen LogP contribution is -2.01. The van der Waals surface area contributed by atoms with Crippen LogP contribution in [-0.2, 0) is 0 Å². The van der Waals surface area contributed by atoms with Crippen molar-refractivity contribution in [3.63, 3.8) is 0 Å². The van der Waals surface area contributed by atoms with Crippen LogP contribution in [0.3, 0.4) is 0 Å². The summed E-state index contributed by atoms with van der Waals surface area (Å²) in [6.07, 6.45) is 5.31. The number of rotatable bonds is 4. The van der Waals surface area contributed by atoms with Gasteiger partial charge in [0.2, 0.25) is 5.16 Å². The van der Waals surface area contributed by atoms with Gasteiger partial charge in [-0.1, -0.05) is 12.1 Å². The van der Waals surface area contributed by atoms with Gasteiger partial charge in [0.1, 0.15) is 5.03 Å². The molecule has 0 bridgehead atoms. The van der Waals surface area contributed by atoms with E-state index in [4.69, 9.17) is 0 Å². The molecule has 26 heavy (non-hydrogen) atoms. The van der Waals surface area contributed by atoms with Gasteiger partial charge in [0.25, 0.3) is 0 Å². The van der Waals surface area contributed by atoms with Gasteiger partial charge < -0.3 is 0 Å². The summed E-state index contributed by atoms with van der Waals surface area (Å²) in [6.45, 7) is 4.22. The Bertz CT molecular complexity index is 1030. The van der Waals surface area contributed by atoms with E-state index in [0.717, 1.165) is 27.3 Å². The maximum absolute atomic E-state index is 4.45. The molecule has 6 heteroatoms. The normalized spacial score (nSPS) is 10.8. The Balaban J connectivity index is 1.87. The number of hydrogen-bond acceptors (Lipinski definition) is 5. The Morgan fingerprint density at radius 2 is 1.69 bits per heavy atom. The van der Waals surface area contributed by atoms with Crippen LogP contribution in [0, 0.1) is 13.8 Å². The maximum atomic E-state index is 4.45. The first-order chi connectivity index (χ1) is 12.7. The summed E-state index contributed by atoms with van der Waals surface area (Å²) >= 11 is 1.50. The minimum atomic E-state index is 0.777. The standard InChI is InChI=1S/C20H17N5S/c1-14-6-7-17(13-15(14)2)25-19(16-8-11-21-12-9-16)23-24-20(25)26-18-5-3-4-10-22-18/h3-13H,1-2H3. The van der Waals surface area contributed by atoms with Crippen molar-refractivity contribution in [2.45, 2.75) is 24.0 Å². The van der Waals surface area contributed by atoms with Gasteiger partial charge in [-0.2, -0.15) is 0 Å². The molecule has 3 heterocycles. The van der Waals surface area contributed by atoms with Gasteiger partial charge in [0.15, 0.2) is 5.82 Å². The Morgan fingerprint density at radius 3 is 2.42 bits per heavy atom. The minimum Gasteiger partial charge on any atom is -0.270 e. The first-order valence-electron chi connectivity index (χ1n) is 8.25. The average Bonchev–Trinajstić information content (AvgIpc) is 3.09. The van der Waals surface area contributed by atoms with E-state index in [2.05, 4.69) is 56.8 Å². The van der Waals surface area contributed by atoms with E-state index in [0.29, 0.717) is 0 Å². The molecule has 1 aromatic carbocycles. The summed E-state index contributed by atoms with van der Waals surface area (Å²) in [5, 5.41) is 10.5. The van der Waals surface area contributed by atoms with Crippen LogP contribution in [0.5, 0.6) is 0 Å². The van der Waals surface area contributed by atoms with Crippen molar-refractivity contribution in [1.82, 2.24) is 24.7 Å². The third-order valence-electron chi connectivity index (χ3n) is 4.15. The highest BCUT2D eigenvalue weighted by Gasteiger charge is 2.17. The van der Waals surface area contributed by atoms with Crippen LogP contribution in [0.2, 0.25) is 0 Å². The van der Waals surface area contributed by atoms with Gasteiger partial charge >= 0.3 is 0 Å². The molecule has 128 valence electrons. The second-order valence-corrected chi connectivity index (χ2v) is 6.90. The zero-order valence-corrected chi connectivity index (χ0v) is 15.3. The van der Waals surface area contributed by atoms with Gasteiger partial charge in [-0.05, 0) is 73.1 Å². The Labute approximate surface area is 156 Å². The molecule has 0 aliphatic heterocycles. The van der Waals surface area contributed by atoms with Gasteiger partial charge in [-0.25, -0.2) is 4.98 Å². The predicted molar refractivity (Wildman–Crippen MR) is 102 cm³/mol. The van der Waals surface area contributed by atoms with E-state index < -0.39 is 0 Å². The quantitative estimate of drug-likeness (QED) is 0.537. The third kappa shape index (κ3) is 3.23. The van der Waals surface area contributed by atoms with Gasteiger partial charge in [-0.3, -0.25) is 9.55 Å². The van der Waals surface area contributed by atoms with Crippen molar-refractivity contribution in [1.29, 1.82) is 0 Å². The number of hydrogen-bond donors (Lipinski definition) is 0. The zero-order valence-electron chi connectivity index (χ0n) is 14.5. The molecular formula is C20H17N5S. The summed E-state index contributed by atoms with van der Waals surface area (Å²) in [5.41, 5.74) is 4.49. The number of aromatic nitrogens is 5. The Kier molecular flexibility index (Phi) is 4.50. The van der Waals surface area contributed by atoms with Crippen molar-refractivity contribution in [2.24, 2.45) is 0 Å². The highest BCUT2D eigenvalue weighted by Crippen LogP contribution is 2.31. The van der Waals surface area contributed by atoms with E-state index in [-0.39, 0.29) is 0 Å². The van der Waals surface area contributed by atoms with E-state index >= 15 is 0 Å². The molecule has 0 N–H and O–H groups in total. The van der Waals surface area contributed by atoms with Crippen molar-refractivity contribution >= 4 is 11.8 Å². The number of nitrogens with zero attached hydrogens (tertiary/aromatic N) is 5. The van der Waals surface area contributed by atoms with Crippen molar-refractivity contribution in [3.05, 3.63) is 78.2 Å². The summed E-state index contributed by atoms with van der Waals surface area (Å²) in [4.78, 5) is 8.50. The van der Waals surface area contributed by atoms with E-state index in [1.807, 2.05) is 30.3 Å². The highest BCUT2D eigenvalue weighted by atomic mass is 32.2. The molecule has 0 atom stereocenters. The SMILES string of the molecule is Cc1ccc(-n2c(Sc3ccccn3)nnc2-c2ccncc2)cc1C. The first-order valence-corrected chi connectivity index (χ1v) is 9.06. The maximum Gasteiger partial charge on any atom is 0.202 e. The lowest BCUT2D eigenvalue weighted by atomic mass is 10.1. The van der Waals surface area contributed by atoms with E-state index in [9.17, 15) is 0 Å². The van der Waals surface area contributed by atoms with Crippen molar-refractivity contribution in [2.75, 3.05) is 0 Å². The fourth-order valence-electron chi connectivity index (χ4n) is 2.62. The number of benzene rings is 1. The molecule has 0 aliphatic rings. The molecule has 4 rings (SSSR count). The van der Waals surface area contributed by atoms with Crippen LogP contribution < -0.4 is 0 Å². The predicted octanol–water partition coefficient (Wildman–Crippen LogP) is 4.49. The average molecular weight is 359 g/mol.